The van der Waals surface area contributed by atoms with Gasteiger partial charge in [-0.2, -0.15) is 0 Å². The standard InChI is InChI=1S/C8H7F3OS.C2H6/c1-13-7-4-2-6(3-5-7)12-8(9,10)11;1-2/h2-5H,1H3;1-2H3. The maximum Gasteiger partial charge on any atom is 0.573 e. The molecule has 1 nitrogen and oxygen atoms in total. The van der Waals surface area contributed by atoms with Crippen LogP contribution in [0.25, 0.3) is 0 Å². The molecule has 15 heavy (non-hydrogen) atoms. The minimum Gasteiger partial charge on any atom is -0.406 e. The van der Waals surface area contributed by atoms with Gasteiger partial charge in [-0.05, 0) is 30.5 Å². The predicted molar refractivity (Wildman–Crippen MR) is 56.3 cm³/mol. The quantitative estimate of drug-likeness (QED) is 0.709. The van der Waals surface area contributed by atoms with Gasteiger partial charge in [-0.15, -0.1) is 24.9 Å². The second-order valence-electron chi connectivity index (χ2n) is 2.22. The molecule has 0 aromatic heterocycles. The maximum absolute atomic E-state index is 11.7. The fraction of sp³-hybridized carbons (Fsp3) is 0.400. The number of benzene rings is 1. The molecule has 0 bridgehead atoms. The first-order valence-corrected chi connectivity index (χ1v) is 5.63. The van der Waals surface area contributed by atoms with Gasteiger partial charge in [0.2, 0.25) is 0 Å². The molecule has 5 heteroatoms. The molecule has 0 fully saturated rings. The van der Waals surface area contributed by atoms with E-state index in [0.717, 1.165) is 4.90 Å². The van der Waals surface area contributed by atoms with Crippen molar-refractivity contribution < 1.29 is 17.9 Å². The molecule has 0 aliphatic carbocycles. The number of thioether (sulfide) groups is 1. The van der Waals surface area contributed by atoms with Crippen LogP contribution in [0.2, 0.25) is 0 Å². The topological polar surface area (TPSA) is 9.23 Å². The highest BCUT2D eigenvalue weighted by atomic mass is 32.2. The third-order valence-electron chi connectivity index (χ3n) is 1.29. The zero-order valence-electron chi connectivity index (χ0n) is 8.76. The van der Waals surface area contributed by atoms with Gasteiger partial charge in [-0.3, -0.25) is 0 Å². The van der Waals surface area contributed by atoms with Gasteiger partial charge in [0.05, 0.1) is 0 Å². The Kier molecular flexibility index (Phi) is 6.24. The normalized spacial score (nSPS) is 10.3. The number of alkyl halides is 3. The second-order valence-corrected chi connectivity index (χ2v) is 3.10. The first kappa shape index (κ1) is 14.2. The molecule has 0 saturated heterocycles. The molecular formula is C10H13F3OS. The molecule has 0 N–H and O–H groups in total. The Morgan fingerprint density at radius 3 is 1.87 bits per heavy atom. The predicted octanol–water partition coefficient (Wildman–Crippen LogP) is 4.33. The van der Waals surface area contributed by atoms with Crippen molar-refractivity contribution in [2.24, 2.45) is 0 Å². The summed E-state index contributed by atoms with van der Waals surface area (Å²) in [5, 5.41) is 0. The van der Waals surface area contributed by atoms with E-state index >= 15 is 0 Å². The molecule has 0 amide bonds. The Balaban J connectivity index is 0.000000921. The van der Waals surface area contributed by atoms with E-state index in [-0.39, 0.29) is 5.75 Å². The van der Waals surface area contributed by atoms with Crippen LogP contribution in [0.3, 0.4) is 0 Å². The van der Waals surface area contributed by atoms with Gasteiger partial charge in [0.25, 0.3) is 0 Å². The van der Waals surface area contributed by atoms with Crippen molar-refractivity contribution in [3.8, 4) is 5.75 Å². The van der Waals surface area contributed by atoms with E-state index in [1.807, 2.05) is 20.1 Å². The third kappa shape index (κ3) is 6.28. The molecule has 0 heterocycles. The van der Waals surface area contributed by atoms with Gasteiger partial charge in [-0.1, -0.05) is 13.8 Å². The fourth-order valence-electron chi connectivity index (χ4n) is 0.777. The van der Waals surface area contributed by atoms with Crippen molar-refractivity contribution in [3.63, 3.8) is 0 Å². The van der Waals surface area contributed by atoms with Crippen molar-refractivity contribution in [1.29, 1.82) is 0 Å². The highest BCUT2D eigenvalue weighted by Crippen LogP contribution is 2.24. The lowest BCUT2D eigenvalue weighted by atomic mass is 10.3. The molecule has 1 aromatic carbocycles. The van der Waals surface area contributed by atoms with Crippen LogP contribution in [0.15, 0.2) is 29.2 Å². The average molecular weight is 238 g/mol. The van der Waals surface area contributed by atoms with Crippen LogP contribution in [0.1, 0.15) is 13.8 Å². The molecule has 86 valence electrons. The lowest BCUT2D eigenvalue weighted by Crippen LogP contribution is -2.16. The van der Waals surface area contributed by atoms with Crippen LogP contribution in [0.5, 0.6) is 5.75 Å². The summed E-state index contributed by atoms with van der Waals surface area (Å²) in [6.45, 7) is 4.00. The van der Waals surface area contributed by atoms with Crippen LogP contribution in [0.4, 0.5) is 13.2 Å². The molecule has 1 aromatic rings. The lowest BCUT2D eigenvalue weighted by molar-refractivity contribution is -0.274. The SMILES string of the molecule is CC.CSc1ccc(OC(F)(F)F)cc1. The molecule has 0 radical (unpaired) electrons. The summed E-state index contributed by atoms with van der Waals surface area (Å²) in [5.41, 5.74) is 0. The Morgan fingerprint density at radius 1 is 1.07 bits per heavy atom. The summed E-state index contributed by atoms with van der Waals surface area (Å²) >= 11 is 1.46. The Hall–Kier alpha value is -0.840. The van der Waals surface area contributed by atoms with Crippen LogP contribution < -0.4 is 4.74 Å². The molecule has 0 atom stereocenters. The highest BCUT2D eigenvalue weighted by Gasteiger charge is 2.30. The van der Waals surface area contributed by atoms with E-state index < -0.39 is 6.36 Å². The van der Waals surface area contributed by atoms with Crippen LogP contribution in [-0.2, 0) is 0 Å². The van der Waals surface area contributed by atoms with Gasteiger partial charge in [-0.25, -0.2) is 0 Å². The van der Waals surface area contributed by atoms with Crippen molar-refractivity contribution in [2.45, 2.75) is 25.1 Å². The zero-order valence-corrected chi connectivity index (χ0v) is 9.58. The summed E-state index contributed by atoms with van der Waals surface area (Å²) < 4.78 is 38.8. The fourth-order valence-corrected chi connectivity index (χ4v) is 1.19. The van der Waals surface area contributed by atoms with E-state index in [1.54, 1.807) is 12.1 Å². The second kappa shape index (κ2) is 6.61. The minimum absolute atomic E-state index is 0.190. The average Bonchev–Trinajstić information content (AvgIpc) is 2.20. The number of rotatable bonds is 2. The summed E-state index contributed by atoms with van der Waals surface area (Å²) in [7, 11) is 0. The van der Waals surface area contributed by atoms with E-state index in [4.69, 9.17) is 0 Å². The van der Waals surface area contributed by atoms with E-state index in [1.165, 1.54) is 23.9 Å². The van der Waals surface area contributed by atoms with Crippen molar-refractivity contribution in [1.82, 2.24) is 0 Å². The molecule has 0 unspecified atom stereocenters. The van der Waals surface area contributed by atoms with Crippen molar-refractivity contribution in [3.05, 3.63) is 24.3 Å². The molecule has 1 rings (SSSR count). The first-order chi connectivity index (χ1) is 7.01. The van der Waals surface area contributed by atoms with Crippen molar-refractivity contribution in [2.75, 3.05) is 6.26 Å². The van der Waals surface area contributed by atoms with Gasteiger partial charge in [0, 0.05) is 4.90 Å². The van der Waals surface area contributed by atoms with Gasteiger partial charge in [0.15, 0.2) is 0 Å². The molecule has 0 spiro atoms. The summed E-state index contributed by atoms with van der Waals surface area (Å²) in [5.74, 6) is -0.190. The Morgan fingerprint density at radius 2 is 1.53 bits per heavy atom. The van der Waals surface area contributed by atoms with Crippen molar-refractivity contribution >= 4 is 11.8 Å². The van der Waals surface area contributed by atoms with Crippen LogP contribution in [0, 0.1) is 0 Å². The Bertz CT molecular complexity index is 269. The summed E-state index contributed by atoms with van der Waals surface area (Å²) in [4.78, 5) is 0.898. The first-order valence-electron chi connectivity index (χ1n) is 4.41. The summed E-state index contributed by atoms with van der Waals surface area (Å²) in [6.07, 6.45) is -2.76. The monoisotopic (exact) mass is 238 g/mol. The van der Waals surface area contributed by atoms with Gasteiger partial charge >= 0.3 is 6.36 Å². The number of halogens is 3. The van der Waals surface area contributed by atoms with E-state index in [0.29, 0.717) is 0 Å². The Labute approximate surface area is 91.6 Å². The summed E-state index contributed by atoms with van der Waals surface area (Å²) in [6, 6.07) is 5.73. The van der Waals surface area contributed by atoms with Gasteiger partial charge < -0.3 is 4.74 Å². The number of hydrogen-bond donors (Lipinski definition) is 0. The third-order valence-corrected chi connectivity index (χ3v) is 2.04. The minimum atomic E-state index is -4.61. The zero-order chi connectivity index (χ0) is 11.9. The van der Waals surface area contributed by atoms with Crippen LogP contribution >= 0.6 is 11.8 Å². The molecule has 0 aliphatic heterocycles. The number of hydrogen-bond acceptors (Lipinski definition) is 2. The molecular weight excluding hydrogens is 225 g/mol. The van der Waals surface area contributed by atoms with Gasteiger partial charge in [0.1, 0.15) is 5.75 Å². The lowest BCUT2D eigenvalue weighted by Gasteiger charge is -2.08. The maximum atomic E-state index is 11.7. The van der Waals surface area contributed by atoms with E-state index in [2.05, 4.69) is 4.74 Å². The van der Waals surface area contributed by atoms with Crippen LogP contribution in [-0.4, -0.2) is 12.6 Å². The largest absolute Gasteiger partial charge is 0.573 e. The highest BCUT2D eigenvalue weighted by molar-refractivity contribution is 7.98. The van der Waals surface area contributed by atoms with E-state index in [9.17, 15) is 13.2 Å². The number of ether oxygens (including phenoxy) is 1. The molecule has 0 aliphatic rings. The smallest absolute Gasteiger partial charge is 0.406 e. The molecule has 0 saturated carbocycles.